The molecule has 156 valence electrons. The molecule has 1 aliphatic rings. The van der Waals surface area contributed by atoms with Gasteiger partial charge in [-0.25, -0.2) is 0 Å². The molecule has 0 saturated carbocycles. The van der Waals surface area contributed by atoms with Gasteiger partial charge in [-0.3, -0.25) is 0 Å². The van der Waals surface area contributed by atoms with Crippen LogP contribution >= 0.6 is 0 Å². The molecule has 0 spiro atoms. The second kappa shape index (κ2) is 6.81. The molecule has 6 aromatic rings. The molecule has 0 N–H and O–H groups in total. The van der Waals surface area contributed by atoms with Crippen molar-refractivity contribution in [1.82, 2.24) is 0 Å². The van der Waals surface area contributed by atoms with E-state index in [0.717, 1.165) is 11.2 Å². The van der Waals surface area contributed by atoms with E-state index in [-0.39, 0.29) is 0 Å². The minimum absolute atomic E-state index is 0.956. The summed E-state index contributed by atoms with van der Waals surface area (Å²) < 4.78 is 6.69. The molecule has 1 nitrogen and oxygen atoms in total. The fourth-order valence-electron chi connectivity index (χ4n) is 5.87. The van der Waals surface area contributed by atoms with Crippen LogP contribution in [0.15, 0.2) is 120 Å². The fourth-order valence-corrected chi connectivity index (χ4v) is 11.3. The molecule has 7 rings (SSSR count). The average Bonchev–Trinajstić information content (AvgIpc) is 3.39. The smallest absolute Gasteiger partial charge is 0.185 e. The SMILES string of the molecule is Cc1ccc2c(c1)[Si](c1ccccc1)(c1ccccc1)c1c-2ccc2c1oc1ccccc12. The molecule has 0 amide bonds. The average molecular weight is 439 g/mol. The normalized spacial score (nSPS) is 13.8. The van der Waals surface area contributed by atoms with Gasteiger partial charge in [0.2, 0.25) is 0 Å². The first-order chi connectivity index (χ1) is 16.3. The molecule has 5 aromatic carbocycles. The van der Waals surface area contributed by atoms with E-state index < -0.39 is 8.07 Å². The summed E-state index contributed by atoms with van der Waals surface area (Å²) in [6.07, 6.45) is 0. The van der Waals surface area contributed by atoms with E-state index in [4.69, 9.17) is 4.42 Å². The first-order valence-corrected chi connectivity index (χ1v) is 13.5. The zero-order valence-corrected chi connectivity index (χ0v) is 19.4. The molecular weight excluding hydrogens is 416 g/mol. The third kappa shape index (κ3) is 2.41. The van der Waals surface area contributed by atoms with Crippen molar-refractivity contribution in [3.8, 4) is 11.1 Å². The van der Waals surface area contributed by atoms with Crippen LogP contribution in [0.5, 0.6) is 0 Å². The molecule has 33 heavy (non-hydrogen) atoms. The van der Waals surface area contributed by atoms with Crippen molar-refractivity contribution in [3.63, 3.8) is 0 Å². The number of aryl methyl sites for hydroxylation is 1. The molecule has 1 aromatic heterocycles. The number of hydrogen-bond acceptors (Lipinski definition) is 1. The minimum Gasteiger partial charge on any atom is -0.456 e. The summed E-state index contributed by atoms with van der Waals surface area (Å²) in [7, 11) is -2.58. The lowest BCUT2D eigenvalue weighted by atomic mass is 10.0. The Morgan fingerprint density at radius 2 is 1.21 bits per heavy atom. The summed E-state index contributed by atoms with van der Waals surface area (Å²) in [6.45, 7) is 2.20. The maximum Gasteiger partial charge on any atom is 0.185 e. The van der Waals surface area contributed by atoms with E-state index in [9.17, 15) is 0 Å². The summed E-state index contributed by atoms with van der Waals surface area (Å²) in [5, 5.41) is 8.03. The Labute approximate surface area is 194 Å². The molecular formula is C31H22OSi. The number of hydrogen-bond donors (Lipinski definition) is 0. The Hall–Kier alpha value is -3.88. The number of para-hydroxylation sites is 1. The van der Waals surface area contributed by atoms with Crippen LogP contribution in [0.1, 0.15) is 5.56 Å². The van der Waals surface area contributed by atoms with Crippen LogP contribution in [0, 0.1) is 6.92 Å². The van der Waals surface area contributed by atoms with Crippen LogP contribution in [0.2, 0.25) is 0 Å². The van der Waals surface area contributed by atoms with Gasteiger partial charge in [-0.1, -0.05) is 109 Å². The number of fused-ring (bicyclic) bond motifs is 7. The van der Waals surface area contributed by atoms with Crippen molar-refractivity contribution < 1.29 is 4.42 Å². The van der Waals surface area contributed by atoms with E-state index in [1.165, 1.54) is 48.2 Å². The topological polar surface area (TPSA) is 13.1 Å². The zero-order chi connectivity index (χ0) is 22.0. The standard InChI is InChI=1S/C31H22OSi/c1-21-16-17-25-27-19-18-26-24-14-8-9-15-28(24)32-30(26)31(27)33(29(25)20-21,22-10-4-2-5-11-22)23-12-6-3-7-13-23/h2-20H,1H3. The van der Waals surface area contributed by atoms with Crippen molar-refractivity contribution in [2.24, 2.45) is 0 Å². The van der Waals surface area contributed by atoms with Gasteiger partial charge >= 0.3 is 0 Å². The van der Waals surface area contributed by atoms with Gasteiger partial charge < -0.3 is 4.42 Å². The van der Waals surface area contributed by atoms with Gasteiger partial charge in [0.25, 0.3) is 0 Å². The summed E-state index contributed by atoms with van der Waals surface area (Å²) in [5.74, 6) is 0. The Morgan fingerprint density at radius 1 is 0.576 bits per heavy atom. The second-order valence-electron chi connectivity index (χ2n) is 8.99. The maximum atomic E-state index is 6.69. The van der Waals surface area contributed by atoms with Crippen LogP contribution in [0.25, 0.3) is 33.1 Å². The Bertz CT molecular complexity index is 1620. The Balaban J connectivity index is 1.75. The monoisotopic (exact) mass is 438 g/mol. The van der Waals surface area contributed by atoms with E-state index >= 15 is 0 Å². The lowest BCUT2D eigenvalue weighted by Crippen LogP contribution is -2.73. The van der Waals surface area contributed by atoms with Gasteiger partial charge in [0.1, 0.15) is 11.2 Å². The Kier molecular flexibility index (Phi) is 3.85. The highest BCUT2D eigenvalue weighted by Crippen LogP contribution is 2.36. The zero-order valence-electron chi connectivity index (χ0n) is 18.4. The molecule has 1 aliphatic heterocycles. The van der Waals surface area contributed by atoms with Gasteiger partial charge in [0.05, 0.1) is 0 Å². The quantitative estimate of drug-likeness (QED) is 0.336. The third-order valence-corrected chi connectivity index (χ3v) is 12.1. The number of furan rings is 1. The van der Waals surface area contributed by atoms with Crippen LogP contribution in [-0.2, 0) is 0 Å². The van der Waals surface area contributed by atoms with Gasteiger partial charge in [0.15, 0.2) is 8.07 Å². The molecule has 0 radical (unpaired) electrons. The number of rotatable bonds is 2. The van der Waals surface area contributed by atoms with Gasteiger partial charge in [0, 0.05) is 16.0 Å². The van der Waals surface area contributed by atoms with Gasteiger partial charge in [-0.05, 0) is 45.7 Å². The highest BCUT2D eigenvalue weighted by Gasteiger charge is 2.50. The maximum absolute atomic E-state index is 6.69. The van der Waals surface area contributed by atoms with Crippen molar-refractivity contribution in [2.45, 2.75) is 6.92 Å². The fraction of sp³-hybridized carbons (Fsp3) is 0.0323. The van der Waals surface area contributed by atoms with E-state index in [1.807, 2.05) is 0 Å². The summed E-state index contributed by atoms with van der Waals surface area (Å²) in [6, 6.07) is 42.2. The molecule has 2 heterocycles. The third-order valence-electron chi connectivity index (χ3n) is 7.20. The summed E-state index contributed by atoms with van der Waals surface area (Å²) in [4.78, 5) is 0. The van der Waals surface area contributed by atoms with Gasteiger partial charge in [-0.15, -0.1) is 0 Å². The minimum atomic E-state index is -2.58. The lowest BCUT2D eigenvalue weighted by Gasteiger charge is -2.31. The van der Waals surface area contributed by atoms with Gasteiger partial charge in [-0.2, -0.15) is 0 Å². The molecule has 0 fully saturated rings. The van der Waals surface area contributed by atoms with E-state index in [0.29, 0.717) is 0 Å². The molecule has 2 heteroatoms. The van der Waals surface area contributed by atoms with Crippen LogP contribution in [0.3, 0.4) is 0 Å². The van der Waals surface area contributed by atoms with Crippen LogP contribution < -0.4 is 20.7 Å². The summed E-state index contributed by atoms with van der Waals surface area (Å²) in [5.41, 5.74) is 5.96. The molecule has 0 saturated heterocycles. The van der Waals surface area contributed by atoms with Crippen LogP contribution in [0.4, 0.5) is 0 Å². The number of benzene rings is 5. The van der Waals surface area contributed by atoms with Crippen LogP contribution in [-0.4, -0.2) is 8.07 Å². The first kappa shape index (κ1) is 18.7. The van der Waals surface area contributed by atoms with Crippen molar-refractivity contribution in [1.29, 1.82) is 0 Å². The lowest BCUT2D eigenvalue weighted by molar-refractivity contribution is 0.671. The highest BCUT2D eigenvalue weighted by molar-refractivity contribution is 7.23. The van der Waals surface area contributed by atoms with Crippen molar-refractivity contribution >= 4 is 50.8 Å². The van der Waals surface area contributed by atoms with Crippen molar-refractivity contribution in [3.05, 3.63) is 121 Å². The molecule has 0 unspecified atom stereocenters. The molecule has 0 aliphatic carbocycles. The largest absolute Gasteiger partial charge is 0.456 e. The second-order valence-corrected chi connectivity index (χ2v) is 12.7. The Morgan fingerprint density at radius 3 is 1.94 bits per heavy atom. The van der Waals surface area contributed by atoms with E-state index in [2.05, 4.69) is 122 Å². The van der Waals surface area contributed by atoms with Crippen molar-refractivity contribution in [2.75, 3.05) is 0 Å². The highest BCUT2D eigenvalue weighted by atomic mass is 28.3. The molecule has 0 atom stereocenters. The van der Waals surface area contributed by atoms with E-state index in [1.54, 1.807) is 0 Å². The molecule has 0 bridgehead atoms. The predicted octanol–water partition coefficient (Wildman–Crippen LogP) is 5.25. The predicted molar refractivity (Wildman–Crippen MR) is 141 cm³/mol. The summed E-state index contributed by atoms with van der Waals surface area (Å²) >= 11 is 0. The first-order valence-electron chi connectivity index (χ1n) is 11.5.